The van der Waals surface area contributed by atoms with E-state index in [0.29, 0.717) is 18.6 Å². The molecule has 0 amide bonds. The predicted octanol–water partition coefficient (Wildman–Crippen LogP) is -0.284. The second kappa shape index (κ2) is 1.80. The molecule has 0 aromatic rings. The van der Waals surface area contributed by atoms with Gasteiger partial charge in [-0.15, -0.1) is 0 Å². The fourth-order valence-electron chi connectivity index (χ4n) is 0.769. The first-order valence-corrected chi connectivity index (χ1v) is 2.71. The lowest BCUT2D eigenvalue weighted by Crippen LogP contribution is -2.02. The van der Waals surface area contributed by atoms with Gasteiger partial charge in [0.2, 0.25) is 0 Å². The molecule has 3 N–H and O–H groups in total. The molecule has 1 rings (SSSR count). The van der Waals surface area contributed by atoms with Gasteiger partial charge < -0.3 is 10.8 Å². The number of hydrogen-bond acceptors (Lipinski definition) is 2. The fourth-order valence-corrected chi connectivity index (χ4v) is 0.769. The first-order valence-electron chi connectivity index (χ1n) is 2.71. The van der Waals surface area contributed by atoms with Gasteiger partial charge in [-0.25, -0.2) is 0 Å². The van der Waals surface area contributed by atoms with Crippen LogP contribution in [0.1, 0.15) is 12.8 Å². The van der Waals surface area contributed by atoms with E-state index in [9.17, 15) is 0 Å². The SMILES string of the molecule is NC1CC1CCO. The molecule has 2 heteroatoms. The first-order chi connectivity index (χ1) is 3.34. The van der Waals surface area contributed by atoms with Gasteiger partial charge in [0.25, 0.3) is 0 Å². The molecule has 0 spiro atoms. The van der Waals surface area contributed by atoms with E-state index in [2.05, 4.69) is 0 Å². The Labute approximate surface area is 43.3 Å². The van der Waals surface area contributed by atoms with Crippen LogP contribution in [0.15, 0.2) is 0 Å². The Morgan fingerprint density at radius 2 is 2.29 bits per heavy atom. The molecule has 1 fully saturated rings. The highest BCUT2D eigenvalue weighted by Crippen LogP contribution is 2.30. The van der Waals surface area contributed by atoms with Crippen LogP contribution in [0, 0.1) is 5.92 Å². The summed E-state index contributed by atoms with van der Waals surface area (Å²) in [7, 11) is 0. The molecule has 42 valence electrons. The summed E-state index contributed by atoms with van der Waals surface area (Å²) >= 11 is 0. The topological polar surface area (TPSA) is 46.2 Å². The van der Waals surface area contributed by atoms with Crippen molar-refractivity contribution in [2.75, 3.05) is 6.61 Å². The fraction of sp³-hybridized carbons (Fsp3) is 1.00. The molecule has 2 atom stereocenters. The van der Waals surface area contributed by atoms with Crippen molar-refractivity contribution in [1.29, 1.82) is 0 Å². The van der Waals surface area contributed by atoms with Gasteiger partial charge in [0.05, 0.1) is 0 Å². The van der Waals surface area contributed by atoms with Gasteiger partial charge in [0.15, 0.2) is 0 Å². The lowest BCUT2D eigenvalue weighted by atomic mass is 10.3. The van der Waals surface area contributed by atoms with Crippen molar-refractivity contribution >= 4 is 0 Å². The summed E-state index contributed by atoms with van der Waals surface area (Å²) in [4.78, 5) is 0. The lowest BCUT2D eigenvalue weighted by Gasteiger charge is -1.86. The lowest BCUT2D eigenvalue weighted by molar-refractivity contribution is 0.279. The molecule has 0 saturated heterocycles. The van der Waals surface area contributed by atoms with Gasteiger partial charge in [-0.1, -0.05) is 0 Å². The largest absolute Gasteiger partial charge is 0.396 e. The standard InChI is InChI=1S/C5H11NO/c6-5-3-4(5)1-2-7/h4-5,7H,1-3,6H2. The molecule has 1 saturated carbocycles. The molecule has 0 radical (unpaired) electrons. The average Bonchev–Trinajstić information content (AvgIpc) is 2.22. The minimum atomic E-state index is 0.304. The van der Waals surface area contributed by atoms with Crippen molar-refractivity contribution in [2.45, 2.75) is 18.9 Å². The number of hydrogen-bond donors (Lipinski definition) is 2. The summed E-state index contributed by atoms with van der Waals surface area (Å²) in [6.45, 7) is 0.304. The summed E-state index contributed by atoms with van der Waals surface area (Å²) in [5.74, 6) is 0.644. The maximum absolute atomic E-state index is 8.34. The highest BCUT2D eigenvalue weighted by molar-refractivity contribution is 4.89. The molecule has 0 bridgehead atoms. The number of nitrogens with two attached hydrogens (primary N) is 1. The monoisotopic (exact) mass is 101 g/mol. The van der Waals surface area contributed by atoms with Crippen molar-refractivity contribution in [3.63, 3.8) is 0 Å². The van der Waals surface area contributed by atoms with Gasteiger partial charge in [0.1, 0.15) is 0 Å². The second-order valence-electron chi connectivity index (χ2n) is 2.17. The summed E-state index contributed by atoms with van der Waals surface area (Å²) < 4.78 is 0. The zero-order valence-corrected chi connectivity index (χ0v) is 4.30. The van der Waals surface area contributed by atoms with Crippen LogP contribution in [-0.4, -0.2) is 17.8 Å². The van der Waals surface area contributed by atoms with Crippen LogP contribution in [0.2, 0.25) is 0 Å². The van der Waals surface area contributed by atoms with E-state index in [0.717, 1.165) is 12.8 Å². The van der Waals surface area contributed by atoms with Crippen LogP contribution in [0.25, 0.3) is 0 Å². The Kier molecular flexibility index (Phi) is 1.30. The van der Waals surface area contributed by atoms with E-state index < -0.39 is 0 Å². The summed E-state index contributed by atoms with van der Waals surface area (Å²) in [6, 6.07) is 0.409. The van der Waals surface area contributed by atoms with Crippen LogP contribution < -0.4 is 5.73 Å². The van der Waals surface area contributed by atoms with Gasteiger partial charge in [0, 0.05) is 12.6 Å². The third kappa shape index (κ3) is 1.14. The highest BCUT2D eigenvalue weighted by Gasteiger charge is 2.31. The molecular weight excluding hydrogens is 90.1 g/mol. The van der Waals surface area contributed by atoms with Crippen LogP contribution in [-0.2, 0) is 0 Å². The molecule has 1 aliphatic rings. The van der Waals surface area contributed by atoms with E-state index in [4.69, 9.17) is 10.8 Å². The van der Waals surface area contributed by atoms with Crippen molar-refractivity contribution in [2.24, 2.45) is 11.7 Å². The van der Waals surface area contributed by atoms with Gasteiger partial charge >= 0.3 is 0 Å². The van der Waals surface area contributed by atoms with Crippen molar-refractivity contribution in [3.05, 3.63) is 0 Å². The Balaban J connectivity index is 1.98. The second-order valence-corrected chi connectivity index (χ2v) is 2.17. The van der Waals surface area contributed by atoms with E-state index in [1.165, 1.54) is 0 Å². The third-order valence-electron chi connectivity index (χ3n) is 1.48. The normalized spacial score (nSPS) is 38.6. The maximum atomic E-state index is 8.34. The quantitative estimate of drug-likeness (QED) is 0.502. The van der Waals surface area contributed by atoms with Crippen molar-refractivity contribution < 1.29 is 5.11 Å². The molecule has 0 aromatic carbocycles. The summed E-state index contributed by atoms with van der Waals surface area (Å²) in [5.41, 5.74) is 5.44. The zero-order chi connectivity index (χ0) is 5.28. The molecule has 0 aromatic heterocycles. The smallest absolute Gasteiger partial charge is 0.0434 e. The van der Waals surface area contributed by atoms with Crippen molar-refractivity contribution in [3.8, 4) is 0 Å². The van der Waals surface area contributed by atoms with E-state index in [1.807, 2.05) is 0 Å². The van der Waals surface area contributed by atoms with E-state index >= 15 is 0 Å². The van der Waals surface area contributed by atoms with Crippen LogP contribution >= 0.6 is 0 Å². The van der Waals surface area contributed by atoms with E-state index in [-0.39, 0.29) is 0 Å². The zero-order valence-electron chi connectivity index (χ0n) is 4.30. The summed E-state index contributed by atoms with van der Waals surface area (Å²) in [5, 5.41) is 8.34. The average molecular weight is 101 g/mol. The minimum Gasteiger partial charge on any atom is -0.396 e. The molecular formula is C5H11NO. The third-order valence-corrected chi connectivity index (χ3v) is 1.48. The van der Waals surface area contributed by atoms with Gasteiger partial charge in [-0.3, -0.25) is 0 Å². The molecule has 7 heavy (non-hydrogen) atoms. The first kappa shape index (κ1) is 5.06. The molecule has 1 aliphatic carbocycles. The van der Waals surface area contributed by atoms with Crippen molar-refractivity contribution in [1.82, 2.24) is 0 Å². The van der Waals surface area contributed by atoms with Gasteiger partial charge in [-0.05, 0) is 18.8 Å². The highest BCUT2D eigenvalue weighted by atomic mass is 16.3. The molecule has 0 heterocycles. The van der Waals surface area contributed by atoms with Gasteiger partial charge in [-0.2, -0.15) is 0 Å². The number of aliphatic hydroxyl groups is 1. The predicted molar refractivity (Wildman–Crippen MR) is 27.8 cm³/mol. The molecule has 2 unspecified atom stereocenters. The number of rotatable bonds is 2. The molecule has 0 aliphatic heterocycles. The maximum Gasteiger partial charge on any atom is 0.0434 e. The van der Waals surface area contributed by atoms with E-state index in [1.54, 1.807) is 0 Å². The minimum absolute atomic E-state index is 0.304. The Hall–Kier alpha value is -0.0800. The number of aliphatic hydroxyl groups excluding tert-OH is 1. The van der Waals surface area contributed by atoms with Crippen LogP contribution in [0.4, 0.5) is 0 Å². The Morgan fingerprint density at radius 1 is 1.71 bits per heavy atom. The Morgan fingerprint density at radius 3 is 2.43 bits per heavy atom. The molecule has 2 nitrogen and oxygen atoms in total. The summed E-state index contributed by atoms with van der Waals surface area (Å²) in [6.07, 6.45) is 2.03. The van der Waals surface area contributed by atoms with Crippen LogP contribution in [0.3, 0.4) is 0 Å². The van der Waals surface area contributed by atoms with Crippen LogP contribution in [0.5, 0.6) is 0 Å². The Bertz CT molecular complexity index is 65.1.